The minimum atomic E-state index is -1.17. The molecule has 0 saturated heterocycles. The number of carbonyl (C=O) groups excluding carboxylic acids is 1. The van der Waals surface area contributed by atoms with Crippen LogP contribution in [0.15, 0.2) is 12.7 Å². The molecule has 0 aliphatic carbocycles. The van der Waals surface area contributed by atoms with E-state index in [1.54, 1.807) is 0 Å². The van der Waals surface area contributed by atoms with Crippen LogP contribution in [0.1, 0.15) is 6.42 Å². The molecule has 0 aromatic heterocycles. The maximum absolute atomic E-state index is 11.0. The first-order chi connectivity index (χ1) is 6.61. The topological polar surface area (TPSA) is 98.7 Å². The molecule has 0 spiro atoms. The second-order valence-electron chi connectivity index (χ2n) is 2.55. The highest BCUT2D eigenvalue weighted by atomic mass is 16.4. The van der Waals surface area contributed by atoms with Gasteiger partial charge in [-0.3, -0.25) is 0 Å². The van der Waals surface area contributed by atoms with E-state index < -0.39 is 18.0 Å². The predicted octanol–water partition coefficient (Wildman–Crippen LogP) is -0.693. The first-order valence-electron chi connectivity index (χ1n) is 4.10. The van der Waals surface area contributed by atoms with E-state index in [1.165, 1.54) is 6.08 Å². The highest BCUT2D eigenvalue weighted by molar-refractivity contribution is 5.82. The van der Waals surface area contributed by atoms with Gasteiger partial charge in [-0.05, 0) is 0 Å². The highest BCUT2D eigenvalue weighted by Crippen LogP contribution is 1.90. The third-order valence-electron chi connectivity index (χ3n) is 1.43. The van der Waals surface area contributed by atoms with Crippen molar-refractivity contribution < 1.29 is 19.8 Å². The van der Waals surface area contributed by atoms with Crippen molar-refractivity contribution in [3.05, 3.63) is 12.7 Å². The van der Waals surface area contributed by atoms with Crippen molar-refractivity contribution in [1.82, 2.24) is 10.6 Å². The molecule has 0 aliphatic rings. The smallest absolute Gasteiger partial charge is 0.326 e. The van der Waals surface area contributed by atoms with Crippen molar-refractivity contribution >= 4 is 12.0 Å². The van der Waals surface area contributed by atoms with Gasteiger partial charge in [-0.2, -0.15) is 0 Å². The van der Waals surface area contributed by atoms with Crippen molar-refractivity contribution in [2.75, 3.05) is 13.2 Å². The number of nitrogens with one attached hydrogen (secondary N) is 2. The molecule has 6 heteroatoms. The first-order valence-corrected chi connectivity index (χ1v) is 4.10. The summed E-state index contributed by atoms with van der Waals surface area (Å²) in [6.07, 6.45) is 1.46. The second-order valence-corrected chi connectivity index (χ2v) is 2.55. The van der Waals surface area contributed by atoms with E-state index >= 15 is 0 Å². The summed E-state index contributed by atoms with van der Waals surface area (Å²) in [5.41, 5.74) is 0. The molecule has 0 radical (unpaired) electrons. The van der Waals surface area contributed by atoms with Gasteiger partial charge in [0.1, 0.15) is 6.04 Å². The highest BCUT2D eigenvalue weighted by Gasteiger charge is 2.18. The Morgan fingerprint density at radius 2 is 2.14 bits per heavy atom. The van der Waals surface area contributed by atoms with Gasteiger partial charge in [0.05, 0.1) is 0 Å². The first kappa shape index (κ1) is 12.4. The van der Waals surface area contributed by atoms with Gasteiger partial charge in [-0.25, -0.2) is 9.59 Å². The quantitative estimate of drug-likeness (QED) is 0.428. The van der Waals surface area contributed by atoms with Gasteiger partial charge in [-0.1, -0.05) is 6.08 Å². The Hall–Kier alpha value is -1.56. The number of amides is 2. The molecule has 0 saturated carbocycles. The van der Waals surface area contributed by atoms with Crippen LogP contribution >= 0.6 is 0 Å². The largest absolute Gasteiger partial charge is 0.480 e. The van der Waals surface area contributed by atoms with Crippen molar-refractivity contribution in [1.29, 1.82) is 0 Å². The van der Waals surface area contributed by atoms with Crippen LogP contribution in [-0.4, -0.2) is 41.4 Å². The number of carbonyl (C=O) groups is 2. The fraction of sp³-hybridized carbons (Fsp3) is 0.500. The van der Waals surface area contributed by atoms with Crippen LogP contribution in [0.3, 0.4) is 0 Å². The predicted molar refractivity (Wildman–Crippen MR) is 49.9 cm³/mol. The molecule has 2 amide bonds. The summed E-state index contributed by atoms with van der Waals surface area (Å²) in [5.74, 6) is -1.17. The van der Waals surface area contributed by atoms with Crippen LogP contribution in [0.25, 0.3) is 0 Å². The molecule has 80 valence electrons. The third-order valence-corrected chi connectivity index (χ3v) is 1.43. The lowest BCUT2D eigenvalue weighted by molar-refractivity contribution is -0.139. The van der Waals surface area contributed by atoms with Crippen molar-refractivity contribution in [3.63, 3.8) is 0 Å². The van der Waals surface area contributed by atoms with Gasteiger partial charge in [0.2, 0.25) is 0 Å². The summed E-state index contributed by atoms with van der Waals surface area (Å²) >= 11 is 0. The van der Waals surface area contributed by atoms with Crippen LogP contribution in [0.5, 0.6) is 0 Å². The third kappa shape index (κ3) is 5.15. The molecule has 0 heterocycles. The number of carboxylic acids is 1. The lowest BCUT2D eigenvalue weighted by atomic mass is 10.2. The number of hydrogen-bond donors (Lipinski definition) is 4. The van der Waals surface area contributed by atoms with Gasteiger partial charge in [0.15, 0.2) is 0 Å². The molecule has 0 bridgehead atoms. The molecule has 14 heavy (non-hydrogen) atoms. The minimum Gasteiger partial charge on any atom is -0.480 e. The molecule has 1 atom stereocenters. The molecule has 0 fully saturated rings. The van der Waals surface area contributed by atoms with Gasteiger partial charge in [-0.15, -0.1) is 6.58 Å². The maximum atomic E-state index is 11.0. The van der Waals surface area contributed by atoms with E-state index in [4.69, 9.17) is 10.2 Å². The second kappa shape index (κ2) is 6.90. The standard InChI is InChI=1S/C8H14N2O4/c1-2-4-9-8(14)10-6(3-5-11)7(12)13/h2,6,11H,1,3-5H2,(H,12,13)(H2,9,10,14)/t6-/m0/s1. The Balaban J connectivity index is 3.95. The number of carboxylic acid groups (broad SMARTS) is 1. The molecule has 0 rings (SSSR count). The number of rotatable bonds is 6. The average Bonchev–Trinajstić information content (AvgIpc) is 2.14. The number of aliphatic hydroxyl groups excluding tert-OH is 1. The van der Waals surface area contributed by atoms with E-state index in [-0.39, 0.29) is 19.6 Å². The molecule has 0 unspecified atom stereocenters. The van der Waals surface area contributed by atoms with Gasteiger partial charge in [0, 0.05) is 19.6 Å². The van der Waals surface area contributed by atoms with E-state index in [1.807, 2.05) is 0 Å². The zero-order valence-electron chi connectivity index (χ0n) is 7.69. The summed E-state index contributed by atoms with van der Waals surface area (Å²) in [5, 5.41) is 21.7. The van der Waals surface area contributed by atoms with Crippen LogP contribution in [0.2, 0.25) is 0 Å². The molecule has 4 N–H and O–H groups in total. The number of aliphatic carboxylic acids is 1. The number of urea groups is 1. The van der Waals surface area contributed by atoms with Crippen LogP contribution in [0.4, 0.5) is 4.79 Å². The van der Waals surface area contributed by atoms with E-state index in [9.17, 15) is 9.59 Å². The van der Waals surface area contributed by atoms with Crippen molar-refractivity contribution in [2.24, 2.45) is 0 Å². The van der Waals surface area contributed by atoms with Crippen molar-refractivity contribution in [3.8, 4) is 0 Å². The number of aliphatic hydroxyl groups is 1. The molecule has 0 aromatic carbocycles. The lowest BCUT2D eigenvalue weighted by Gasteiger charge is -2.13. The summed E-state index contributed by atoms with van der Waals surface area (Å²) in [6, 6.07) is -1.66. The summed E-state index contributed by atoms with van der Waals surface area (Å²) in [6.45, 7) is 3.35. The summed E-state index contributed by atoms with van der Waals surface area (Å²) < 4.78 is 0. The normalized spacial score (nSPS) is 11.5. The van der Waals surface area contributed by atoms with Gasteiger partial charge >= 0.3 is 12.0 Å². The Kier molecular flexibility index (Phi) is 6.13. The lowest BCUT2D eigenvalue weighted by Crippen LogP contribution is -2.46. The fourth-order valence-corrected chi connectivity index (χ4v) is 0.761. The molecular weight excluding hydrogens is 188 g/mol. The van der Waals surface area contributed by atoms with E-state index in [0.29, 0.717) is 0 Å². The minimum absolute atomic E-state index is 0.0170. The monoisotopic (exact) mass is 202 g/mol. The Labute approximate surface area is 81.6 Å². The Morgan fingerprint density at radius 3 is 2.57 bits per heavy atom. The van der Waals surface area contributed by atoms with Crippen LogP contribution in [-0.2, 0) is 4.79 Å². The van der Waals surface area contributed by atoms with Crippen molar-refractivity contribution in [2.45, 2.75) is 12.5 Å². The summed E-state index contributed by atoms with van der Waals surface area (Å²) in [7, 11) is 0. The average molecular weight is 202 g/mol. The summed E-state index contributed by atoms with van der Waals surface area (Å²) in [4.78, 5) is 21.5. The Morgan fingerprint density at radius 1 is 1.50 bits per heavy atom. The number of hydrogen-bond acceptors (Lipinski definition) is 3. The molecule has 0 aliphatic heterocycles. The Bertz CT molecular complexity index is 217. The van der Waals surface area contributed by atoms with Gasteiger partial charge in [0.25, 0.3) is 0 Å². The fourth-order valence-electron chi connectivity index (χ4n) is 0.761. The van der Waals surface area contributed by atoms with Gasteiger partial charge < -0.3 is 20.8 Å². The zero-order chi connectivity index (χ0) is 11.0. The molecule has 6 nitrogen and oxygen atoms in total. The zero-order valence-corrected chi connectivity index (χ0v) is 7.69. The van der Waals surface area contributed by atoms with Crippen LogP contribution < -0.4 is 10.6 Å². The SMILES string of the molecule is C=CCNC(=O)N[C@@H](CCO)C(=O)O. The van der Waals surface area contributed by atoms with Crippen LogP contribution in [0, 0.1) is 0 Å². The maximum Gasteiger partial charge on any atom is 0.326 e. The molecular formula is C8H14N2O4. The van der Waals surface area contributed by atoms with E-state index in [2.05, 4.69) is 17.2 Å². The van der Waals surface area contributed by atoms with E-state index in [0.717, 1.165) is 0 Å². The molecule has 0 aromatic rings.